The third kappa shape index (κ3) is 5.54. The average molecular weight is 377 g/mol. The minimum atomic E-state index is -0.568. The number of hydrogen-bond acceptors (Lipinski definition) is 3. The normalized spacial score (nSPS) is 15.0. The molecule has 1 N–H and O–H groups in total. The van der Waals surface area contributed by atoms with Crippen LogP contribution >= 0.6 is 0 Å². The zero-order chi connectivity index (χ0) is 19.8. The van der Waals surface area contributed by atoms with Crippen LogP contribution in [0.4, 0.5) is 5.69 Å². The lowest BCUT2D eigenvalue weighted by Gasteiger charge is -2.33. The molecule has 1 saturated heterocycles. The molecular formula is C23H27N3O2. The van der Waals surface area contributed by atoms with Gasteiger partial charge in [-0.05, 0) is 29.7 Å². The maximum atomic E-state index is 12.4. The molecule has 2 aromatic carbocycles. The van der Waals surface area contributed by atoms with Crippen molar-refractivity contribution in [1.29, 1.82) is 0 Å². The second-order valence-corrected chi connectivity index (χ2v) is 6.91. The van der Waals surface area contributed by atoms with E-state index in [1.165, 1.54) is 11.1 Å². The highest BCUT2D eigenvalue weighted by Crippen LogP contribution is 2.11. The second-order valence-electron chi connectivity index (χ2n) is 6.91. The van der Waals surface area contributed by atoms with Crippen molar-refractivity contribution in [2.75, 3.05) is 38.0 Å². The number of rotatable bonds is 5. The Morgan fingerprint density at radius 1 is 0.964 bits per heavy atom. The van der Waals surface area contributed by atoms with Crippen molar-refractivity contribution in [3.63, 3.8) is 0 Å². The van der Waals surface area contributed by atoms with Crippen LogP contribution in [-0.4, -0.2) is 54.3 Å². The van der Waals surface area contributed by atoms with E-state index in [-0.39, 0.29) is 0 Å². The van der Waals surface area contributed by atoms with Crippen LogP contribution in [0.15, 0.2) is 60.7 Å². The molecule has 0 saturated carbocycles. The van der Waals surface area contributed by atoms with Crippen molar-refractivity contribution in [2.24, 2.45) is 0 Å². The van der Waals surface area contributed by atoms with Crippen LogP contribution in [0.1, 0.15) is 18.1 Å². The highest BCUT2D eigenvalue weighted by Gasteiger charge is 2.25. The highest BCUT2D eigenvalue weighted by atomic mass is 16.2. The zero-order valence-corrected chi connectivity index (χ0v) is 16.3. The molecule has 1 heterocycles. The van der Waals surface area contributed by atoms with Gasteiger partial charge >= 0.3 is 11.8 Å². The first-order chi connectivity index (χ1) is 13.7. The first-order valence-electron chi connectivity index (χ1n) is 9.79. The van der Waals surface area contributed by atoms with Gasteiger partial charge in [-0.15, -0.1) is 0 Å². The zero-order valence-electron chi connectivity index (χ0n) is 16.3. The van der Waals surface area contributed by atoms with Gasteiger partial charge in [-0.2, -0.15) is 0 Å². The van der Waals surface area contributed by atoms with E-state index in [0.29, 0.717) is 18.8 Å². The Morgan fingerprint density at radius 2 is 1.64 bits per heavy atom. The van der Waals surface area contributed by atoms with Gasteiger partial charge in [0, 0.05) is 38.4 Å². The van der Waals surface area contributed by atoms with Gasteiger partial charge in [0.1, 0.15) is 0 Å². The Bertz CT molecular complexity index is 808. The summed E-state index contributed by atoms with van der Waals surface area (Å²) in [6.45, 7) is 5.59. The van der Waals surface area contributed by atoms with E-state index in [1.807, 2.05) is 42.5 Å². The van der Waals surface area contributed by atoms with E-state index in [0.717, 1.165) is 26.1 Å². The molecule has 2 amide bonds. The van der Waals surface area contributed by atoms with Crippen LogP contribution in [-0.2, 0) is 16.0 Å². The number of amides is 2. The number of piperazine rings is 1. The van der Waals surface area contributed by atoms with E-state index >= 15 is 0 Å². The van der Waals surface area contributed by atoms with Crippen molar-refractivity contribution in [1.82, 2.24) is 9.80 Å². The predicted octanol–water partition coefficient (Wildman–Crippen LogP) is 3.05. The Balaban J connectivity index is 1.43. The fourth-order valence-electron chi connectivity index (χ4n) is 3.19. The summed E-state index contributed by atoms with van der Waals surface area (Å²) in [6, 6.07) is 17.8. The molecule has 5 nitrogen and oxygen atoms in total. The van der Waals surface area contributed by atoms with Gasteiger partial charge in [-0.1, -0.05) is 61.5 Å². The van der Waals surface area contributed by atoms with Crippen molar-refractivity contribution >= 4 is 23.6 Å². The molecule has 0 aliphatic carbocycles. The molecule has 3 rings (SSSR count). The largest absolute Gasteiger partial charge is 0.332 e. The summed E-state index contributed by atoms with van der Waals surface area (Å²) in [5, 5.41) is 2.70. The number of hydrogen-bond donors (Lipinski definition) is 1. The van der Waals surface area contributed by atoms with Gasteiger partial charge in [0.15, 0.2) is 0 Å². The van der Waals surface area contributed by atoms with Gasteiger partial charge in [0.25, 0.3) is 0 Å². The molecule has 0 bridgehead atoms. The number of nitrogens with one attached hydrogen (secondary N) is 1. The fourth-order valence-corrected chi connectivity index (χ4v) is 3.19. The van der Waals surface area contributed by atoms with Crippen molar-refractivity contribution < 1.29 is 9.59 Å². The lowest BCUT2D eigenvalue weighted by Crippen LogP contribution is -2.51. The molecule has 0 aromatic heterocycles. The molecule has 1 aliphatic heterocycles. The fraction of sp³-hybridized carbons (Fsp3) is 0.304. The number of carbonyl (C=O) groups is 2. The summed E-state index contributed by atoms with van der Waals surface area (Å²) in [7, 11) is 0. The summed E-state index contributed by atoms with van der Waals surface area (Å²) in [5.41, 5.74) is 3.03. The van der Waals surface area contributed by atoms with E-state index < -0.39 is 11.8 Å². The molecule has 0 unspecified atom stereocenters. The van der Waals surface area contributed by atoms with Gasteiger partial charge in [0.05, 0.1) is 0 Å². The Hall–Kier alpha value is -2.92. The molecule has 1 fully saturated rings. The summed E-state index contributed by atoms with van der Waals surface area (Å²) in [5.74, 6) is -1.03. The SMILES string of the molecule is CCc1ccc(NC(=O)C(=O)N2CCN(C/C=C/c3ccccc3)CC2)cc1. The van der Waals surface area contributed by atoms with Crippen LogP contribution in [0.25, 0.3) is 6.08 Å². The maximum Gasteiger partial charge on any atom is 0.313 e. The number of carbonyl (C=O) groups excluding carboxylic acids is 2. The van der Waals surface area contributed by atoms with E-state index in [4.69, 9.17) is 0 Å². The first kappa shape index (κ1) is 19.8. The molecule has 0 radical (unpaired) electrons. The molecule has 0 atom stereocenters. The van der Waals surface area contributed by atoms with Crippen LogP contribution in [0, 0.1) is 0 Å². The number of aryl methyl sites for hydroxylation is 1. The monoisotopic (exact) mass is 377 g/mol. The summed E-state index contributed by atoms with van der Waals surface area (Å²) >= 11 is 0. The standard InChI is InChI=1S/C23H27N3O2/c1-2-19-10-12-21(13-11-19)24-22(27)23(28)26-17-15-25(16-18-26)14-6-9-20-7-4-3-5-8-20/h3-13H,2,14-18H2,1H3,(H,24,27)/b9-6+. The highest BCUT2D eigenvalue weighted by molar-refractivity contribution is 6.39. The molecule has 2 aromatic rings. The van der Waals surface area contributed by atoms with Crippen LogP contribution in [0.3, 0.4) is 0 Å². The first-order valence-corrected chi connectivity index (χ1v) is 9.79. The van der Waals surface area contributed by atoms with Crippen LogP contribution in [0.5, 0.6) is 0 Å². The number of anilines is 1. The third-order valence-corrected chi connectivity index (χ3v) is 4.95. The smallest absolute Gasteiger partial charge is 0.313 e. The summed E-state index contributed by atoms with van der Waals surface area (Å²) in [4.78, 5) is 28.6. The lowest BCUT2D eigenvalue weighted by molar-refractivity contribution is -0.144. The lowest BCUT2D eigenvalue weighted by atomic mass is 10.1. The predicted molar refractivity (Wildman–Crippen MR) is 113 cm³/mol. The Labute approximate surface area is 166 Å². The van der Waals surface area contributed by atoms with E-state index in [9.17, 15) is 9.59 Å². The Kier molecular flexibility index (Phi) is 6.98. The molecule has 28 heavy (non-hydrogen) atoms. The molecule has 5 heteroatoms. The topological polar surface area (TPSA) is 52.7 Å². The van der Waals surface area contributed by atoms with Crippen LogP contribution < -0.4 is 5.32 Å². The van der Waals surface area contributed by atoms with Crippen molar-refractivity contribution in [3.05, 3.63) is 71.8 Å². The average Bonchev–Trinajstić information content (AvgIpc) is 2.75. The summed E-state index contributed by atoms with van der Waals surface area (Å²) < 4.78 is 0. The van der Waals surface area contributed by atoms with Gasteiger partial charge < -0.3 is 10.2 Å². The van der Waals surface area contributed by atoms with Crippen molar-refractivity contribution in [3.8, 4) is 0 Å². The molecular weight excluding hydrogens is 350 g/mol. The minimum Gasteiger partial charge on any atom is -0.332 e. The summed E-state index contributed by atoms with van der Waals surface area (Å²) in [6.07, 6.45) is 5.19. The van der Waals surface area contributed by atoms with Gasteiger partial charge in [-0.3, -0.25) is 14.5 Å². The van der Waals surface area contributed by atoms with Gasteiger partial charge in [0.2, 0.25) is 0 Å². The molecule has 1 aliphatic rings. The molecule has 146 valence electrons. The second kappa shape index (κ2) is 9.85. The van der Waals surface area contributed by atoms with Gasteiger partial charge in [-0.25, -0.2) is 0 Å². The van der Waals surface area contributed by atoms with Crippen LogP contribution in [0.2, 0.25) is 0 Å². The minimum absolute atomic E-state index is 0.459. The maximum absolute atomic E-state index is 12.4. The van der Waals surface area contributed by atoms with Crippen molar-refractivity contribution in [2.45, 2.75) is 13.3 Å². The molecule has 0 spiro atoms. The number of nitrogens with zero attached hydrogens (tertiary/aromatic N) is 2. The Morgan fingerprint density at radius 3 is 2.29 bits per heavy atom. The quantitative estimate of drug-likeness (QED) is 0.815. The van der Waals surface area contributed by atoms with E-state index in [2.05, 4.69) is 41.4 Å². The number of benzene rings is 2. The third-order valence-electron chi connectivity index (χ3n) is 4.95. The van der Waals surface area contributed by atoms with E-state index in [1.54, 1.807) is 4.90 Å².